The number of nitrogens with zero attached hydrogens (tertiary/aromatic N) is 1. The van der Waals surface area contributed by atoms with Crippen molar-refractivity contribution >= 4 is 5.69 Å². The molecule has 0 saturated heterocycles. The van der Waals surface area contributed by atoms with Gasteiger partial charge in [-0.3, -0.25) is 10.1 Å². The van der Waals surface area contributed by atoms with Gasteiger partial charge in [-0.1, -0.05) is 26.0 Å². The van der Waals surface area contributed by atoms with Crippen molar-refractivity contribution in [1.82, 2.24) is 5.32 Å². The Kier molecular flexibility index (Phi) is 5.10. The van der Waals surface area contributed by atoms with Crippen molar-refractivity contribution in [2.75, 3.05) is 0 Å². The molecule has 1 aromatic carbocycles. The Morgan fingerprint density at radius 3 is 2.53 bits per heavy atom. The Morgan fingerprint density at radius 2 is 2.00 bits per heavy atom. The minimum absolute atomic E-state index is 0.203. The van der Waals surface area contributed by atoms with Crippen LogP contribution < -0.4 is 5.32 Å². The Bertz CT molecular complexity index is 387. The number of rotatable bonds is 6. The van der Waals surface area contributed by atoms with Crippen LogP contribution in [-0.2, 0) is 6.54 Å². The Balaban J connectivity index is 2.78. The predicted octanol–water partition coefficient (Wildman–Crippen LogP) is 3.18. The average molecular weight is 236 g/mol. The molecule has 0 saturated carbocycles. The maximum Gasteiger partial charge on any atom is 0.272 e. The van der Waals surface area contributed by atoms with Gasteiger partial charge in [0.2, 0.25) is 0 Å². The lowest BCUT2D eigenvalue weighted by Gasteiger charge is -2.15. The van der Waals surface area contributed by atoms with Gasteiger partial charge in [0, 0.05) is 24.2 Å². The Labute approximate surface area is 102 Å². The van der Waals surface area contributed by atoms with E-state index in [9.17, 15) is 10.1 Å². The van der Waals surface area contributed by atoms with Crippen LogP contribution in [-0.4, -0.2) is 11.0 Å². The van der Waals surface area contributed by atoms with Crippen molar-refractivity contribution in [3.63, 3.8) is 0 Å². The van der Waals surface area contributed by atoms with Gasteiger partial charge in [-0.25, -0.2) is 0 Å². The molecule has 0 aliphatic rings. The molecule has 0 spiro atoms. The van der Waals surface area contributed by atoms with Crippen LogP contribution in [0.5, 0.6) is 0 Å². The fourth-order valence-electron chi connectivity index (χ4n) is 1.89. The Morgan fingerprint density at radius 1 is 1.35 bits per heavy atom. The summed E-state index contributed by atoms with van der Waals surface area (Å²) in [5, 5.41) is 14.2. The zero-order valence-electron chi connectivity index (χ0n) is 10.7. The van der Waals surface area contributed by atoms with E-state index in [1.807, 2.05) is 13.0 Å². The maximum absolute atomic E-state index is 10.8. The molecule has 1 aromatic rings. The lowest BCUT2D eigenvalue weighted by Crippen LogP contribution is -2.27. The minimum atomic E-state index is -0.323. The topological polar surface area (TPSA) is 55.2 Å². The quantitative estimate of drug-likeness (QED) is 0.609. The summed E-state index contributed by atoms with van der Waals surface area (Å²) < 4.78 is 0. The molecule has 4 heteroatoms. The van der Waals surface area contributed by atoms with Gasteiger partial charge in [0.1, 0.15) is 0 Å². The molecule has 0 amide bonds. The smallest absolute Gasteiger partial charge is 0.272 e. The van der Waals surface area contributed by atoms with Gasteiger partial charge in [-0.15, -0.1) is 0 Å². The van der Waals surface area contributed by atoms with Gasteiger partial charge in [0.15, 0.2) is 0 Å². The van der Waals surface area contributed by atoms with Gasteiger partial charge < -0.3 is 5.32 Å². The maximum atomic E-state index is 10.8. The van der Waals surface area contributed by atoms with Crippen LogP contribution >= 0.6 is 0 Å². The third-order valence-corrected chi connectivity index (χ3v) is 3.18. The van der Waals surface area contributed by atoms with E-state index in [-0.39, 0.29) is 10.6 Å². The fraction of sp³-hybridized carbons (Fsp3) is 0.538. The molecule has 1 N–H and O–H groups in total. The zero-order valence-corrected chi connectivity index (χ0v) is 10.7. The molecule has 4 nitrogen and oxygen atoms in total. The molecule has 17 heavy (non-hydrogen) atoms. The molecule has 0 bridgehead atoms. The van der Waals surface area contributed by atoms with Crippen LogP contribution in [0.2, 0.25) is 0 Å². The average Bonchev–Trinajstić information content (AvgIpc) is 2.32. The number of nitro groups is 1. The lowest BCUT2D eigenvalue weighted by atomic mass is 10.1. The van der Waals surface area contributed by atoms with Crippen LogP contribution in [0.25, 0.3) is 0 Å². The van der Waals surface area contributed by atoms with Crippen LogP contribution in [0.15, 0.2) is 18.2 Å². The van der Waals surface area contributed by atoms with E-state index in [1.54, 1.807) is 12.1 Å². The predicted molar refractivity (Wildman–Crippen MR) is 69.0 cm³/mol. The van der Waals surface area contributed by atoms with Crippen LogP contribution in [0.4, 0.5) is 5.69 Å². The summed E-state index contributed by atoms with van der Waals surface area (Å²) in [6, 6.07) is 5.72. The molecular weight excluding hydrogens is 216 g/mol. The summed E-state index contributed by atoms with van der Waals surface area (Å²) in [6.07, 6.45) is 2.15. The normalized spacial score (nSPS) is 10.8. The molecule has 94 valence electrons. The monoisotopic (exact) mass is 236 g/mol. The molecule has 0 aliphatic carbocycles. The third kappa shape index (κ3) is 3.53. The highest BCUT2D eigenvalue weighted by molar-refractivity contribution is 5.44. The molecule has 0 aromatic heterocycles. The van der Waals surface area contributed by atoms with Gasteiger partial charge in [-0.05, 0) is 25.3 Å². The summed E-state index contributed by atoms with van der Waals surface area (Å²) in [5.74, 6) is 0. The SMILES string of the molecule is CCC(CC)NCc1cccc([N+](=O)[O-])c1C. The Hall–Kier alpha value is -1.42. The molecule has 0 aliphatic heterocycles. The number of nitro benzene ring substituents is 1. The standard InChI is InChI=1S/C13H20N2O2/c1-4-12(5-2)14-9-11-7-6-8-13(10(11)3)15(16)17/h6-8,12,14H,4-5,9H2,1-3H3. The highest BCUT2D eigenvalue weighted by atomic mass is 16.6. The molecule has 1 rings (SSSR count). The second kappa shape index (κ2) is 6.35. The summed E-state index contributed by atoms with van der Waals surface area (Å²) >= 11 is 0. The van der Waals surface area contributed by atoms with E-state index in [0.29, 0.717) is 12.6 Å². The van der Waals surface area contributed by atoms with Gasteiger partial charge >= 0.3 is 0 Å². The largest absolute Gasteiger partial charge is 0.310 e. The van der Waals surface area contributed by atoms with Gasteiger partial charge in [0.25, 0.3) is 5.69 Å². The van der Waals surface area contributed by atoms with E-state index in [1.165, 1.54) is 0 Å². The molecule has 0 heterocycles. The summed E-state index contributed by atoms with van der Waals surface area (Å²) in [5.41, 5.74) is 1.97. The van der Waals surface area contributed by atoms with Crippen LogP contribution in [0.1, 0.15) is 37.8 Å². The van der Waals surface area contributed by atoms with E-state index in [4.69, 9.17) is 0 Å². The van der Waals surface area contributed by atoms with E-state index in [0.717, 1.165) is 24.0 Å². The summed E-state index contributed by atoms with van der Waals surface area (Å²) in [6.45, 7) is 6.78. The van der Waals surface area contributed by atoms with Crippen LogP contribution in [0, 0.1) is 17.0 Å². The number of hydrogen-bond donors (Lipinski definition) is 1. The fourth-order valence-corrected chi connectivity index (χ4v) is 1.89. The highest BCUT2D eigenvalue weighted by Gasteiger charge is 2.13. The van der Waals surface area contributed by atoms with Gasteiger partial charge in [-0.2, -0.15) is 0 Å². The van der Waals surface area contributed by atoms with Gasteiger partial charge in [0.05, 0.1) is 4.92 Å². The van der Waals surface area contributed by atoms with E-state index >= 15 is 0 Å². The van der Waals surface area contributed by atoms with E-state index < -0.39 is 0 Å². The zero-order chi connectivity index (χ0) is 12.8. The highest BCUT2D eigenvalue weighted by Crippen LogP contribution is 2.21. The second-order valence-corrected chi connectivity index (χ2v) is 4.21. The molecule has 0 unspecified atom stereocenters. The molecule has 0 radical (unpaired) electrons. The summed E-state index contributed by atoms with van der Waals surface area (Å²) in [4.78, 5) is 10.5. The third-order valence-electron chi connectivity index (χ3n) is 3.18. The second-order valence-electron chi connectivity index (χ2n) is 4.21. The lowest BCUT2D eigenvalue weighted by molar-refractivity contribution is -0.385. The number of nitrogens with one attached hydrogen (secondary N) is 1. The molecular formula is C13H20N2O2. The van der Waals surface area contributed by atoms with E-state index in [2.05, 4.69) is 19.2 Å². The van der Waals surface area contributed by atoms with Crippen molar-refractivity contribution in [1.29, 1.82) is 0 Å². The van der Waals surface area contributed by atoms with Crippen molar-refractivity contribution in [2.45, 2.75) is 46.2 Å². The first kappa shape index (κ1) is 13.6. The van der Waals surface area contributed by atoms with Crippen molar-refractivity contribution in [2.24, 2.45) is 0 Å². The molecule has 0 fully saturated rings. The first-order valence-electron chi connectivity index (χ1n) is 6.06. The first-order chi connectivity index (χ1) is 8.10. The summed E-state index contributed by atoms with van der Waals surface area (Å²) in [7, 11) is 0. The minimum Gasteiger partial charge on any atom is -0.310 e. The number of hydrogen-bond acceptors (Lipinski definition) is 3. The first-order valence-corrected chi connectivity index (χ1v) is 6.06. The number of benzene rings is 1. The van der Waals surface area contributed by atoms with Crippen molar-refractivity contribution in [3.05, 3.63) is 39.4 Å². The molecule has 0 atom stereocenters. The van der Waals surface area contributed by atoms with Crippen molar-refractivity contribution < 1.29 is 4.92 Å². The van der Waals surface area contributed by atoms with Crippen molar-refractivity contribution in [3.8, 4) is 0 Å². The van der Waals surface area contributed by atoms with Crippen LogP contribution in [0.3, 0.4) is 0 Å².